The summed E-state index contributed by atoms with van der Waals surface area (Å²) in [5.74, 6) is -0.282. The van der Waals surface area contributed by atoms with Crippen LogP contribution in [0.25, 0.3) is 0 Å². The van der Waals surface area contributed by atoms with E-state index in [4.69, 9.17) is 5.73 Å². The number of anilines is 1. The second-order valence-electron chi connectivity index (χ2n) is 1.76. The smallest absolute Gasteiger partial charge is 0.197 e. The zero-order valence-corrected chi connectivity index (χ0v) is 6.81. The lowest BCUT2D eigenvalue weighted by Crippen LogP contribution is -2.00. The van der Waals surface area contributed by atoms with Crippen molar-refractivity contribution in [3.8, 4) is 0 Å². The summed E-state index contributed by atoms with van der Waals surface area (Å²) in [6.07, 6.45) is 0. The van der Waals surface area contributed by atoms with E-state index in [-0.39, 0.29) is 10.4 Å². The lowest BCUT2D eigenvalue weighted by atomic mass is 10.5. The molecule has 1 aromatic heterocycles. The lowest BCUT2D eigenvalue weighted by Gasteiger charge is -1.97. The van der Waals surface area contributed by atoms with Gasteiger partial charge in [0, 0.05) is 0 Å². The van der Waals surface area contributed by atoms with Gasteiger partial charge in [-0.05, 0) is 22.9 Å². The predicted molar refractivity (Wildman–Crippen MR) is 38.8 cm³/mol. The van der Waals surface area contributed by atoms with Gasteiger partial charge in [0.15, 0.2) is 11.6 Å². The fraction of sp³-hybridized carbons (Fsp3) is 0.200. The zero-order chi connectivity index (χ0) is 7.72. The molecule has 2 N–H and O–H groups in total. The van der Waals surface area contributed by atoms with Gasteiger partial charge < -0.3 is 5.73 Å². The Morgan fingerprint density at radius 2 is 2.10 bits per heavy atom. The van der Waals surface area contributed by atoms with Crippen molar-refractivity contribution >= 4 is 21.7 Å². The molecule has 0 aliphatic carbocycles. The number of aromatic nitrogens is 2. The molecular weight excluding hydrogens is 201 g/mol. The number of nitrogens with two attached hydrogens (primary N) is 1. The zero-order valence-electron chi connectivity index (χ0n) is 5.23. The summed E-state index contributed by atoms with van der Waals surface area (Å²) in [5, 5.41) is 0. The van der Waals surface area contributed by atoms with Crippen molar-refractivity contribution in [3.05, 3.63) is 16.2 Å². The standard InChI is InChI=1S/C5H5BrFN3/c1-2-9-4(6)3(7)5(8)10-2/h1H3,(H2,8,9,10). The van der Waals surface area contributed by atoms with Crippen molar-refractivity contribution in [2.45, 2.75) is 6.92 Å². The van der Waals surface area contributed by atoms with E-state index >= 15 is 0 Å². The van der Waals surface area contributed by atoms with Crippen LogP contribution in [-0.4, -0.2) is 9.97 Å². The van der Waals surface area contributed by atoms with Gasteiger partial charge in [0.2, 0.25) is 0 Å². The average molecular weight is 206 g/mol. The molecule has 10 heavy (non-hydrogen) atoms. The summed E-state index contributed by atoms with van der Waals surface area (Å²) in [4.78, 5) is 7.28. The summed E-state index contributed by atoms with van der Waals surface area (Å²) in [6, 6.07) is 0. The Labute approximate surface area is 65.6 Å². The molecule has 0 saturated carbocycles. The Hall–Kier alpha value is -0.710. The van der Waals surface area contributed by atoms with Crippen LogP contribution >= 0.6 is 15.9 Å². The maximum atomic E-state index is 12.6. The van der Waals surface area contributed by atoms with E-state index in [1.54, 1.807) is 6.92 Å². The molecule has 1 heterocycles. The molecule has 54 valence electrons. The lowest BCUT2D eigenvalue weighted by molar-refractivity contribution is 0.608. The Bertz CT molecular complexity index is 240. The SMILES string of the molecule is Cc1nc(N)c(F)c(Br)n1. The van der Waals surface area contributed by atoms with E-state index < -0.39 is 5.82 Å². The van der Waals surface area contributed by atoms with Crippen molar-refractivity contribution < 1.29 is 4.39 Å². The fourth-order valence-electron chi connectivity index (χ4n) is 0.545. The molecule has 0 aliphatic heterocycles. The van der Waals surface area contributed by atoms with E-state index in [0.29, 0.717) is 5.82 Å². The van der Waals surface area contributed by atoms with Gasteiger partial charge in [-0.3, -0.25) is 0 Å². The molecule has 0 atom stereocenters. The highest BCUT2D eigenvalue weighted by molar-refractivity contribution is 9.10. The number of rotatable bonds is 0. The summed E-state index contributed by atoms with van der Waals surface area (Å²) < 4.78 is 12.7. The normalized spacial score (nSPS) is 9.90. The van der Waals surface area contributed by atoms with Crippen molar-refractivity contribution in [3.63, 3.8) is 0 Å². The van der Waals surface area contributed by atoms with Crippen LogP contribution in [0.1, 0.15) is 5.82 Å². The van der Waals surface area contributed by atoms with E-state index in [9.17, 15) is 4.39 Å². The van der Waals surface area contributed by atoms with Crippen LogP contribution in [0.2, 0.25) is 0 Å². The van der Waals surface area contributed by atoms with Crippen LogP contribution < -0.4 is 5.73 Å². The van der Waals surface area contributed by atoms with Gasteiger partial charge in [0.1, 0.15) is 10.4 Å². The summed E-state index contributed by atoms with van der Waals surface area (Å²) in [5.41, 5.74) is 5.17. The van der Waals surface area contributed by atoms with Gasteiger partial charge in [-0.15, -0.1) is 0 Å². The number of nitrogens with zero attached hydrogens (tertiary/aromatic N) is 2. The average Bonchev–Trinajstić information content (AvgIpc) is 1.82. The van der Waals surface area contributed by atoms with E-state index in [1.165, 1.54) is 0 Å². The molecule has 0 spiro atoms. The van der Waals surface area contributed by atoms with Gasteiger partial charge in [-0.2, -0.15) is 4.39 Å². The quantitative estimate of drug-likeness (QED) is 0.650. The van der Waals surface area contributed by atoms with Crippen LogP contribution in [0.15, 0.2) is 4.60 Å². The number of hydrogen-bond donors (Lipinski definition) is 1. The minimum atomic E-state index is -0.606. The Kier molecular flexibility index (Phi) is 1.85. The highest BCUT2D eigenvalue weighted by atomic mass is 79.9. The monoisotopic (exact) mass is 205 g/mol. The summed E-state index contributed by atoms with van der Waals surface area (Å²) in [7, 11) is 0. The Balaban J connectivity index is 3.31. The molecule has 3 nitrogen and oxygen atoms in total. The molecule has 0 saturated heterocycles. The molecule has 0 fully saturated rings. The topological polar surface area (TPSA) is 51.8 Å². The second-order valence-corrected chi connectivity index (χ2v) is 2.51. The third-order valence-corrected chi connectivity index (χ3v) is 1.47. The first-order chi connectivity index (χ1) is 4.61. The van der Waals surface area contributed by atoms with Gasteiger partial charge in [0.05, 0.1) is 0 Å². The van der Waals surface area contributed by atoms with E-state index in [0.717, 1.165) is 0 Å². The van der Waals surface area contributed by atoms with Crippen molar-refractivity contribution in [2.24, 2.45) is 0 Å². The maximum absolute atomic E-state index is 12.6. The number of aryl methyl sites for hydroxylation is 1. The van der Waals surface area contributed by atoms with Gasteiger partial charge in [0.25, 0.3) is 0 Å². The first-order valence-electron chi connectivity index (χ1n) is 2.56. The summed E-state index contributed by atoms with van der Waals surface area (Å²) >= 11 is 2.89. The molecule has 0 aliphatic rings. The minimum absolute atomic E-state index is 0.109. The predicted octanol–water partition coefficient (Wildman–Crippen LogP) is 1.27. The van der Waals surface area contributed by atoms with E-state index in [2.05, 4.69) is 25.9 Å². The molecule has 0 unspecified atom stereocenters. The van der Waals surface area contributed by atoms with Crippen LogP contribution in [0.3, 0.4) is 0 Å². The number of hydrogen-bond acceptors (Lipinski definition) is 3. The van der Waals surface area contributed by atoms with Crippen LogP contribution in [-0.2, 0) is 0 Å². The largest absolute Gasteiger partial charge is 0.381 e. The molecule has 0 aromatic carbocycles. The molecule has 1 aromatic rings. The van der Waals surface area contributed by atoms with Crippen molar-refractivity contribution in [1.29, 1.82) is 0 Å². The Morgan fingerprint density at radius 3 is 2.60 bits per heavy atom. The number of nitrogen functional groups attached to an aromatic ring is 1. The molecule has 0 radical (unpaired) electrons. The molecular formula is C5H5BrFN3. The van der Waals surface area contributed by atoms with Gasteiger partial charge in [-0.1, -0.05) is 0 Å². The van der Waals surface area contributed by atoms with Crippen LogP contribution in [0.5, 0.6) is 0 Å². The highest BCUT2D eigenvalue weighted by Crippen LogP contribution is 2.15. The minimum Gasteiger partial charge on any atom is -0.381 e. The van der Waals surface area contributed by atoms with Crippen molar-refractivity contribution in [2.75, 3.05) is 5.73 Å². The van der Waals surface area contributed by atoms with E-state index in [1.807, 2.05) is 0 Å². The van der Waals surface area contributed by atoms with Gasteiger partial charge >= 0.3 is 0 Å². The highest BCUT2D eigenvalue weighted by Gasteiger charge is 2.05. The second kappa shape index (κ2) is 2.49. The summed E-state index contributed by atoms with van der Waals surface area (Å²) in [6.45, 7) is 1.64. The number of halogens is 2. The first-order valence-corrected chi connectivity index (χ1v) is 3.35. The third kappa shape index (κ3) is 1.23. The first kappa shape index (κ1) is 7.40. The van der Waals surface area contributed by atoms with Gasteiger partial charge in [-0.25, -0.2) is 9.97 Å². The fourth-order valence-corrected chi connectivity index (χ4v) is 1.00. The van der Waals surface area contributed by atoms with Crippen LogP contribution in [0, 0.1) is 12.7 Å². The van der Waals surface area contributed by atoms with Crippen molar-refractivity contribution in [1.82, 2.24) is 9.97 Å². The molecule has 1 rings (SSSR count). The third-order valence-electron chi connectivity index (χ3n) is 0.948. The molecule has 0 bridgehead atoms. The Morgan fingerprint density at radius 1 is 1.50 bits per heavy atom. The molecule has 5 heteroatoms. The van der Waals surface area contributed by atoms with Crippen LogP contribution in [0.4, 0.5) is 10.2 Å². The molecule has 0 amide bonds. The maximum Gasteiger partial charge on any atom is 0.197 e.